The zero-order valence-electron chi connectivity index (χ0n) is 8.08. The summed E-state index contributed by atoms with van der Waals surface area (Å²) in [5, 5.41) is 19.7. The van der Waals surface area contributed by atoms with Crippen molar-refractivity contribution < 1.29 is 14.5 Å². The highest BCUT2D eigenvalue weighted by atomic mass is 16.6. The van der Waals surface area contributed by atoms with Gasteiger partial charge in [0.2, 0.25) is 0 Å². The van der Waals surface area contributed by atoms with Crippen LogP contribution in [-0.4, -0.2) is 16.7 Å². The minimum Gasteiger partial charge on any atom is -0.265 e. The Morgan fingerprint density at radius 1 is 1.18 bits per heavy atom. The zero-order valence-corrected chi connectivity index (χ0v) is 8.08. The van der Waals surface area contributed by atoms with Crippen LogP contribution in [0.4, 0.5) is 11.4 Å². The van der Waals surface area contributed by atoms with Crippen LogP contribution in [0.1, 0.15) is 20.7 Å². The van der Waals surface area contributed by atoms with E-state index in [-0.39, 0.29) is 16.8 Å². The quantitative estimate of drug-likeness (QED) is 0.474. The van der Waals surface area contributed by atoms with E-state index in [0.717, 1.165) is 12.1 Å². The van der Waals surface area contributed by atoms with Crippen molar-refractivity contribution in [1.82, 2.24) is 0 Å². The molecule has 0 saturated heterocycles. The first kappa shape index (κ1) is 10.7. The number of amides is 2. The van der Waals surface area contributed by atoms with E-state index in [1.165, 1.54) is 0 Å². The third-order valence-corrected chi connectivity index (χ3v) is 2.12. The van der Waals surface area contributed by atoms with Gasteiger partial charge in [-0.3, -0.25) is 19.7 Å². The molecule has 1 heterocycles. The molecule has 0 atom stereocenters. The first-order chi connectivity index (χ1) is 8.04. The summed E-state index contributed by atoms with van der Waals surface area (Å²) < 4.78 is 0. The number of azo groups is 1. The maximum Gasteiger partial charge on any atom is 0.297 e. The fourth-order valence-corrected chi connectivity index (χ4v) is 1.37. The largest absolute Gasteiger partial charge is 0.297 e. The van der Waals surface area contributed by atoms with E-state index in [1.807, 2.05) is 0 Å². The molecule has 17 heavy (non-hydrogen) atoms. The summed E-state index contributed by atoms with van der Waals surface area (Å²) in [6, 6.07) is 1.86. The second-order valence-electron chi connectivity index (χ2n) is 3.07. The summed E-state index contributed by atoms with van der Waals surface area (Å²) in [6.07, 6.45) is 0. The van der Waals surface area contributed by atoms with Crippen LogP contribution in [0.25, 0.3) is 0 Å². The molecule has 2 amide bonds. The molecule has 0 spiro atoms. The van der Waals surface area contributed by atoms with Gasteiger partial charge in [0.15, 0.2) is 5.69 Å². The topological polar surface area (TPSA) is 138 Å². The van der Waals surface area contributed by atoms with Gasteiger partial charge in [-0.2, -0.15) is 5.11 Å². The Morgan fingerprint density at radius 2 is 1.71 bits per heavy atom. The Bertz CT molecular complexity index is 606. The van der Waals surface area contributed by atoms with Crippen molar-refractivity contribution in [3.05, 3.63) is 33.4 Å². The summed E-state index contributed by atoms with van der Waals surface area (Å²) in [7, 11) is 0. The van der Waals surface area contributed by atoms with Crippen molar-refractivity contribution in [2.75, 3.05) is 0 Å². The van der Waals surface area contributed by atoms with Crippen LogP contribution in [0.2, 0.25) is 0 Å². The first-order valence-corrected chi connectivity index (χ1v) is 4.25. The van der Waals surface area contributed by atoms with Gasteiger partial charge in [0.1, 0.15) is 0 Å². The SMILES string of the molecule is N=Nc1cc2c(cc1[N+](=O)[O-])C(=O)N=NC2=O. The lowest BCUT2D eigenvalue weighted by atomic mass is 10.0. The molecule has 9 nitrogen and oxygen atoms in total. The van der Waals surface area contributed by atoms with E-state index in [1.54, 1.807) is 0 Å². The summed E-state index contributed by atoms with van der Waals surface area (Å²) in [5.74, 6) is -1.63. The number of rotatable bonds is 2. The van der Waals surface area contributed by atoms with Crippen molar-refractivity contribution in [3.63, 3.8) is 0 Å². The Kier molecular flexibility index (Phi) is 2.28. The normalized spacial score (nSPS) is 13.4. The number of fused-ring (bicyclic) bond motifs is 1. The van der Waals surface area contributed by atoms with Crippen LogP contribution in [-0.2, 0) is 0 Å². The van der Waals surface area contributed by atoms with Crippen LogP contribution < -0.4 is 0 Å². The molecule has 0 saturated carbocycles. The van der Waals surface area contributed by atoms with Crippen LogP contribution in [0, 0.1) is 15.6 Å². The van der Waals surface area contributed by atoms with Crippen LogP contribution in [0.5, 0.6) is 0 Å². The maximum absolute atomic E-state index is 11.3. The standard InChI is InChI=1S/C8H3N5O4/c9-10-5-1-3-4(2-6(5)13(16)17)8(15)12-11-7(3)14/h1-2,9H. The summed E-state index contributed by atoms with van der Waals surface area (Å²) in [6.45, 7) is 0. The van der Waals surface area contributed by atoms with Crippen molar-refractivity contribution >= 4 is 23.2 Å². The number of carbonyl (C=O) groups excluding carboxylic acids is 2. The summed E-state index contributed by atoms with van der Waals surface area (Å²) in [5.41, 5.74) is 5.60. The molecule has 0 radical (unpaired) electrons. The molecule has 9 heteroatoms. The van der Waals surface area contributed by atoms with Crippen molar-refractivity contribution in [1.29, 1.82) is 5.53 Å². The molecule has 1 aromatic rings. The van der Waals surface area contributed by atoms with Gasteiger partial charge in [-0.25, -0.2) is 5.53 Å². The molecule has 0 bridgehead atoms. The molecule has 0 aromatic heterocycles. The highest BCUT2D eigenvalue weighted by Gasteiger charge is 2.27. The van der Waals surface area contributed by atoms with Gasteiger partial charge in [-0.15, -0.1) is 10.2 Å². The molecular weight excluding hydrogens is 230 g/mol. The van der Waals surface area contributed by atoms with E-state index in [0.29, 0.717) is 0 Å². The lowest BCUT2D eigenvalue weighted by Gasteiger charge is -2.07. The molecular formula is C8H3N5O4. The Morgan fingerprint density at radius 3 is 2.18 bits per heavy atom. The fourth-order valence-electron chi connectivity index (χ4n) is 1.37. The minimum absolute atomic E-state index is 0.137. The number of nitrogens with zero attached hydrogens (tertiary/aromatic N) is 4. The molecule has 1 aromatic carbocycles. The van der Waals surface area contributed by atoms with Gasteiger partial charge < -0.3 is 0 Å². The average Bonchev–Trinajstić information content (AvgIpc) is 2.32. The summed E-state index contributed by atoms with van der Waals surface area (Å²) in [4.78, 5) is 32.5. The van der Waals surface area contributed by atoms with Gasteiger partial charge in [0.25, 0.3) is 17.5 Å². The van der Waals surface area contributed by atoms with E-state index in [4.69, 9.17) is 5.53 Å². The van der Waals surface area contributed by atoms with Crippen LogP contribution >= 0.6 is 0 Å². The van der Waals surface area contributed by atoms with Crippen LogP contribution in [0.15, 0.2) is 27.5 Å². The van der Waals surface area contributed by atoms with E-state index < -0.39 is 22.4 Å². The molecule has 2 rings (SSSR count). The Balaban J connectivity index is 2.76. The van der Waals surface area contributed by atoms with E-state index in [9.17, 15) is 19.7 Å². The lowest BCUT2D eigenvalue weighted by Crippen LogP contribution is -2.11. The predicted molar refractivity (Wildman–Crippen MR) is 51.4 cm³/mol. The van der Waals surface area contributed by atoms with Gasteiger partial charge in [0.05, 0.1) is 16.1 Å². The number of nitrogens with one attached hydrogen (secondary N) is 1. The second-order valence-corrected chi connectivity index (χ2v) is 3.07. The molecule has 0 aliphatic carbocycles. The third kappa shape index (κ3) is 1.58. The number of hydrogen-bond donors (Lipinski definition) is 1. The number of carbonyl (C=O) groups is 2. The highest BCUT2D eigenvalue weighted by molar-refractivity contribution is 6.12. The monoisotopic (exact) mass is 233 g/mol. The second kappa shape index (κ2) is 3.63. The van der Waals surface area contributed by atoms with Gasteiger partial charge in [-0.1, -0.05) is 0 Å². The Labute approximate surface area is 92.8 Å². The molecule has 0 unspecified atom stereocenters. The van der Waals surface area contributed by atoms with Crippen LogP contribution in [0.3, 0.4) is 0 Å². The first-order valence-electron chi connectivity index (χ1n) is 4.25. The number of nitro benzene ring substituents is 1. The van der Waals surface area contributed by atoms with E-state index in [2.05, 4.69) is 15.3 Å². The zero-order chi connectivity index (χ0) is 12.6. The maximum atomic E-state index is 11.3. The molecule has 1 aliphatic heterocycles. The molecule has 84 valence electrons. The van der Waals surface area contributed by atoms with Crippen molar-refractivity contribution in [3.8, 4) is 0 Å². The van der Waals surface area contributed by atoms with Crippen molar-refractivity contribution in [2.24, 2.45) is 15.3 Å². The van der Waals surface area contributed by atoms with Gasteiger partial charge in [-0.05, 0) is 6.07 Å². The molecule has 1 aliphatic rings. The predicted octanol–water partition coefficient (Wildman–Crippen LogP) is 2.00. The molecule has 1 N–H and O–H groups in total. The Hall–Kier alpha value is -2.84. The molecule has 0 fully saturated rings. The smallest absolute Gasteiger partial charge is 0.265 e. The van der Waals surface area contributed by atoms with Crippen molar-refractivity contribution in [2.45, 2.75) is 0 Å². The fraction of sp³-hybridized carbons (Fsp3) is 0. The van der Waals surface area contributed by atoms with Gasteiger partial charge in [0, 0.05) is 6.07 Å². The highest BCUT2D eigenvalue weighted by Crippen LogP contribution is 2.32. The minimum atomic E-state index is -0.834. The lowest BCUT2D eigenvalue weighted by molar-refractivity contribution is -0.384. The average molecular weight is 233 g/mol. The third-order valence-electron chi connectivity index (χ3n) is 2.12. The summed E-state index contributed by atoms with van der Waals surface area (Å²) >= 11 is 0. The number of benzene rings is 1. The van der Waals surface area contributed by atoms with Gasteiger partial charge >= 0.3 is 0 Å². The number of nitro groups is 1. The number of hydrogen-bond acceptors (Lipinski definition) is 6. The van der Waals surface area contributed by atoms with E-state index >= 15 is 0 Å².